The number of hydrogen-bond acceptors (Lipinski definition) is 5. The molecule has 0 spiro atoms. The average molecular weight is 523 g/mol. The molecule has 1 aliphatic heterocycles. The summed E-state index contributed by atoms with van der Waals surface area (Å²) in [5.41, 5.74) is 0.766. The minimum atomic E-state index is -1.49. The number of carbonyl (C=O) groups is 3. The predicted octanol–water partition coefficient (Wildman–Crippen LogP) is 5.89. The first kappa shape index (κ1) is 26.0. The van der Waals surface area contributed by atoms with Gasteiger partial charge in [-0.1, -0.05) is 54.6 Å². The smallest absolute Gasteiger partial charge is 0.305 e. The Kier molecular flexibility index (Phi) is 7.32. The van der Waals surface area contributed by atoms with E-state index in [0.29, 0.717) is 34.9 Å². The molecule has 4 aromatic rings. The van der Waals surface area contributed by atoms with Crippen molar-refractivity contribution in [1.82, 2.24) is 5.32 Å². The van der Waals surface area contributed by atoms with Crippen molar-refractivity contribution in [3.63, 3.8) is 0 Å². The van der Waals surface area contributed by atoms with Gasteiger partial charge < -0.3 is 14.8 Å². The molecule has 39 heavy (non-hydrogen) atoms. The monoisotopic (exact) mass is 522 g/mol. The number of carbonyl (C=O) groups excluding carboxylic acids is 3. The molecule has 0 bridgehead atoms. The fraction of sp³-hybridized carbons (Fsp3) is 0.219. The molecule has 0 radical (unpaired) electrons. The summed E-state index contributed by atoms with van der Waals surface area (Å²) >= 11 is 0. The minimum absolute atomic E-state index is 0.0360. The first-order chi connectivity index (χ1) is 19.0. The number of anilines is 2. The minimum Gasteiger partial charge on any atom is -0.494 e. The van der Waals surface area contributed by atoms with Crippen LogP contribution in [0.2, 0.25) is 0 Å². The van der Waals surface area contributed by atoms with Gasteiger partial charge in [0.05, 0.1) is 18.9 Å². The van der Waals surface area contributed by atoms with Crippen LogP contribution in [-0.4, -0.2) is 31.0 Å². The van der Waals surface area contributed by atoms with Crippen LogP contribution in [0.1, 0.15) is 42.6 Å². The van der Waals surface area contributed by atoms with E-state index in [9.17, 15) is 14.4 Å². The SMILES string of the molecule is CCOC(=O)CCC1(NC(=O)c2ccc3ccccc3c2)C(=O)N(c2ccccc2)c2cc(OCC)ccc21. The van der Waals surface area contributed by atoms with Crippen LogP contribution < -0.4 is 15.0 Å². The van der Waals surface area contributed by atoms with Gasteiger partial charge in [-0.25, -0.2) is 0 Å². The molecular formula is C32H30N2O5. The fourth-order valence-corrected chi connectivity index (χ4v) is 5.11. The Morgan fingerprint density at radius 2 is 1.59 bits per heavy atom. The lowest BCUT2D eigenvalue weighted by Gasteiger charge is -2.30. The molecule has 2 amide bonds. The largest absolute Gasteiger partial charge is 0.494 e. The van der Waals surface area contributed by atoms with Gasteiger partial charge in [-0.2, -0.15) is 0 Å². The fourth-order valence-electron chi connectivity index (χ4n) is 5.11. The third-order valence-corrected chi connectivity index (χ3v) is 6.91. The van der Waals surface area contributed by atoms with Gasteiger partial charge >= 0.3 is 5.97 Å². The van der Waals surface area contributed by atoms with E-state index >= 15 is 0 Å². The standard InChI is InChI=1S/C32H30N2O5/c1-3-38-26-16-17-27-28(21-26)34(25-12-6-5-7-13-25)31(37)32(27,19-18-29(35)39-4-2)33-30(36)24-15-14-22-10-8-9-11-23(22)20-24/h5-17,20-21H,3-4,18-19H2,1-2H3,(H,33,36). The maximum Gasteiger partial charge on any atom is 0.305 e. The van der Waals surface area contributed by atoms with Crippen molar-refractivity contribution >= 4 is 39.9 Å². The topological polar surface area (TPSA) is 84.9 Å². The average Bonchev–Trinajstić information content (AvgIpc) is 3.19. The van der Waals surface area contributed by atoms with Crippen LogP contribution in [0.3, 0.4) is 0 Å². The molecule has 5 rings (SSSR count). The second kappa shape index (κ2) is 11.0. The van der Waals surface area contributed by atoms with Crippen LogP contribution in [0.5, 0.6) is 5.75 Å². The molecule has 1 N–H and O–H groups in total. The number of nitrogens with one attached hydrogen (secondary N) is 1. The molecule has 0 saturated heterocycles. The van der Waals surface area contributed by atoms with Gasteiger partial charge in [-0.15, -0.1) is 0 Å². The van der Waals surface area contributed by atoms with Crippen LogP contribution in [0.4, 0.5) is 11.4 Å². The van der Waals surface area contributed by atoms with Crippen molar-refractivity contribution in [3.8, 4) is 5.75 Å². The van der Waals surface area contributed by atoms with E-state index in [4.69, 9.17) is 9.47 Å². The summed E-state index contributed by atoms with van der Waals surface area (Å²) in [6.45, 7) is 4.32. The number of esters is 1. The second-order valence-corrected chi connectivity index (χ2v) is 9.31. The maximum absolute atomic E-state index is 14.4. The summed E-state index contributed by atoms with van der Waals surface area (Å²) in [6.07, 6.45) is -0.0127. The lowest BCUT2D eigenvalue weighted by atomic mass is 9.85. The van der Waals surface area contributed by atoms with Crippen LogP contribution in [0, 0.1) is 0 Å². The van der Waals surface area contributed by atoms with E-state index in [1.165, 1.54) is 0 Å². The van der Waals surface area contributed by atoms with E-state index in [1.54, 1.807) is 42.2 Å². The molecule has 4 aromatic carbocycles. The van der Waals surface area contributed by atoms with Gasteiger partial charge in [0.25, 0.3) is 11.8 Å². The van der Waals surface area contributed by atoms with Gasteiger partial charge in [0.15, 0.2) is 0 Å². The summed E-state index contributed by atoms with van der Waals surface area (Å²) < 4.78 is 10.9. The number of ether oxygens (including phenoxy) is 2. The Morgan fingerprint density at radius 1 is 0.846 bits per heavy atom. The Morgan fingerprint density at radius 3 is 2.33 bits per heavy atom. The first-order valence-electron chi connectivity index (χ1n) is 13.1. The highest BCUT2D eigenvalue weighted by Crippen LogP contribution is 2.48. The molecular weight excluding hydrogens is 492 g/mol. The predicted molar refractivity (Wildman–Crippen MR) is 150 cm³/mol. The van der Waals surface area contributed by atoms with Gasteiger partial charge in [-0.05, 0) is 61.4 Å². The molecule has 0 saturated carbocycles. The normalized spacial score (nSPS) is 16.2. The number of nitrogens with zero attached hydrogens (tertiary/aromatic N) is 1. The Hall–Kier alpha value is -4.65. The van der Waals surface area contributed by atoms with Crippen molar-refractivity contribution in [2.45, 2.75) is 32.2 Å². The van der Waals surface area contributed by atoms with Crippen LogP contribution >= 0.6 is 0 Å². The van der Waals surface area contributed by atoms with Gasteiger partial charge in [0.2, 0.25) is 0 Å². The molecule has 0 aliphatic carbocycles. The highest BCUT2D eigenvalue weighted by atomic mass is 16.5. The molecule has 7 nitrogen and oxygen atoms in total. The number of hydrogen-bond donors (Lipinski definition) is 1. The highest BCUT2D eigenvalue weighted by molar-refractivity contribution is 6.15. The summed E-state index contributed by atoms with van der Waals surface area (Å²) in [7, 11) is 0. The quantitative estimate of drug-likeness (QED) is 0.277. The van der Waals surface area contributed by atoms with Crippen molar-refractivity contribution in [2.75, 3.05) is 18.1 Å². The van der Waals surface area contributed by atoms with Gasteiger partial charge in [0.1, 0.15) is 11.3 Å². The van der Waals surface area contributed by atoms with Crippen LogP contribution in [0.15, 0.2) is 91.0 Å². The number of amides is 2. The highest BCUT2D eigenvalue weighted by Gasteiger charge is 2.52. The zero-order valence-corrected chi connectivity index (χ0v) is 22.0. The molecule has 1 unspecified atom stereocenters. The zero-order chi connectivity index (χ0) is 27.4. The van der Waals surface area contributed by atoms with E-state index in [0.717, 1.165) is 10.8 Å². The van der Waals surface area contributed by atoms with Crippen LogP contribution in [-0.2, 0) is 19.9 Å². The number of benzene rings is 4. The van der Waals surface area contributed by atoms with Gasteiger partial charge in [-0.3, -0.25) is 19.3 Å². The molecule has 1 aliphatic rings. The summed E-state index contributed by atoms with van der Waals surface area (Å²) in [4.78, 5) is 42.2. The second-order valence-electron chi connectivity index (χ2n) is 9.31. The number of para-hydroxylation sites is 1. The zero-order valence-electron chi connectivity index (χ0n) is 22.0. The lowest BCUT2D eigenvalue weighted by molar-refractivity contribution is -0.143. The van der Waals surface area contributed by atoms with E-state index < -0.39 is 17.4 Å². The summed E-state index contributed by atoms with van der Waals surface area (Å²) in [6, 6.07) is 27.8. The molecule has 7 heteroatoms. The van der Waals surface area contributed by atoms with Crippen LogP contribution in [0.25, 0.3) is 10.8 Å². The lowest BCUT2D eigenvalue weighted by Crippen LogP contribution is -2.52. The molecule has 198 valence electrons. The Bertz CT molecular complexity index is 1530. The van der Waals surface area contributed by atoms with Gasteiger partial charge in [0, 0.05) is 29.3 Å². The number of rotatable bonds is 9. The molecule has 1 heterocycles. The Balaban J connectivity index is 1.62. The third kappa shape index (κ3) is 4.95. The first-order valence-corrected chi connectivity index (χ1v) is 13.1. The Labute approximate surface area is 227 Å². The van der Waals surface area contributed by atoms with Crippen molar-refractivity contribution < 1.29 is 23.9 Å². The van der Waals surface area contributed by atoms with Crippen molar-refractivity contribution in [2.24, 2.45) is 0 Å². The third-order valence-electron chi connectivity index (χ3n) is 6.91. The maximum atomic E-state index is 14.4. The summed E-state index contributed by atoms with van der Waals surface area (Å²) in [5.74, 6) is -0.592. The van der Waals surface area contributed by atoms with E-state index in [1.807, 2.05) is 67.6 Å². The van der Waals surface area contributed by atoms with E-state index in [2.05, 4.69) is 5.32 Å². The summed E-state index contributed by atoms with van der Waals surface area (Å²) in [5, 5.41) is 4.97. The van der Waals surface area contributed by atoms with E-state index in [-0.39, 0.29) is 25.4 Å². The molecule has 0 aromatic heterocycles. The van der Waals surface area contributed by atoms with Crippen molar-refractivity contribution in [1.29, 1.82) is 0 Å². The van der Waals surface area contributed by atoms with Crippen molar-refractivity contribution in [3.05, 3.63) is 102 Å². The molecule has 1 atom stereocenters. The molecule has 0 fully saturated rings. The number of fused-ring (bicyclic) bond motifs is 2.